The molecule has 0 aromatic carbocycles. The highest BCUT2D eigenvalue weighted by Gasteiger charge is 2.42. The molecule has 22 heavy (non-hydrogen) atoms. The molecule has 0 aliphatic carbocycles. The molecule has 0 N–H and O–H groups in total. The number of ether oxygens (including phenoxy) is 1. The number of likely N-dealkylation sites (tertiary alicyclic amines) is 1. The Hall–Kier alpha value is -0.660. The molecule has 3 saturated heterocycles. The highest BCUT2D eigenvalue weighted by Crippen LogP contribution is 2.29. The summed E-state index contributed by atoms with van der Waals surface area (Å²) in [6.07, 6.45) is 1.55. The SMILES string of the molecule is CC[C@@H]1CN(C(=O)[C@H]2CCS(=O)(=O)C2)C[C@H]1N1CCOCC1. The van der Waals surface area contributed by atoms with Gasteiger partial charge >= 0.3 is 0 Å². The van der Waals surface area contributed by atoms with Crippen LogP contribution < -0.4 is 0 Å². The number of rotatable bonds is 3. The Kier molecular flexibility index (Phi) is 4.75. The number of morpholine rings is 1. The van der Waals surface area contributed by atoms with E-state index in [0.29, 0.717) is 18.4 Å². The van der Waals surface area contributed by atoms with Gasteiger partial charge in [0, 0.05) is 32.2 Å². The Labute approximate surface area is 132 Å². The smallest absolute Gasteiger partial charge is 0.226 e. The first-order valence-corrected chi connectivity index (χ1v) is 10.1. The van der Waals surface area contributed by atoms with Gasteiger partial charge in [-0.2, -0.15) is 0 Å². The van der Waals surface area contributed by atoms with Gasteiger partial charge in [-0.25, -0.2) is 8.42 Å². The summed E-state index contributed by atoms with van der Waals surface area (Å²) in [6.45, 7) is 7.08. The summed E-state index contributed by atoms with van der Waals surface area (Å²) >= 11 is 0. The summed E-state index contributed by atoms with van der Waals surface area (Å²) < 4.78 is 28.6. The van der Waals surface area contributed by atoms with Gasteiger partial charge in [0.15, 0.2) is 9.84 Å². The molecule has 0 bridgehead atoms. The van der Waals surface area contributed by atoms with E-state index in [1.807, 2.05) is 4.90 Å². The van der Waals surface area contributed by atoms with Crippen LogP contribution in [0.2, 0.25) is 0 Å². The van der Waals surface area contributed by atoms with Crippen molar-refractivity contribution in [3.8, 4) is 0 Å². The van der Waals surface area contributed by atoms with Gasteiger partial charge in [0.25, 0.3) is 0 Å². The van der Waals surface area contributed by atoms with Crippen LogP contribution in [0.15, 0.2) is 0 Å². The van der Waals surface area contributed by atoms with Gasteiger partial charge in [0.2, 0.25) is 5.91 Å². The van der Waals surface area contributed by atoms with Crippen LogP contribution in [0.4, 0.5) is 0 Å². The lowest BCUT2D eigenvalue weighted by Crippen LogP contribution is -2.47. The zero-order chi connectivity index (χ0) is 15.7. The minimum atomic E-state index is -3.00. The molecule has 1 amide bonds. The first-order valence-electron chi connectivity index (χ1n) is 8.31. The highest BCUT2D eigenvalue weighted by atomic mass is 32.2. The second kappa shape index (κ2) is 6.45. The Morgan fingerprint density at radius 3 is 2.55 bits per heavy atom. The Morgan fingerprint density at radius 2 is 1.95 bits per heavy atom. The van der Waals surface area contributed by atoms with Crippen molar-refractivity contribution >= 4 is 15.7 Å². The number of hydrogen-bond donors (Lipinski definition) is 0. The number of carbonyl (C=O) groups excluding carboxylic acids is 1. The lowest BCUT2D eigenvalue weighted by atomic mass is 9.99. The Morgan fingerprint density at radius 1 is 1.23 bits per heavy atom. The van der Waals surface area contributed by atoms with Crippen LogP contribution in [-0.2, 0) is 19.4 Å². The topological polar surface area (TPSA) is 66.9 Å². The Bertz CT molecular complexity index is 516. The molecule has 7 heteroatoms. The number of nitrogens with zero attached hydrogens (tertiary/aromatic N) is 2. The van der Waals surface area contributed by atoms with Crippen molar-refractivity contribution in [2.75, 3.05) is 50.9 Å². The maximum Gasteiger partial charge on any atom is 0.226 e. The number of hydrogen-bond acceptors (Lipinski definition) is 5. The maximum atomic E-state index is 12.6. The summed E-state index contributed by atoms with van der Waals surface area (Å²) in [6, 6.07) is 0.399. The van der Waals surface area contributed by atoms with Crippen molar-refractivity contribution in [1.29, 1.82) is 0 Å². The fourth-order valence-corrected chi connectivity index (χ4v) is 5.74. The van der Waals surface area contributed by atoms with Crippen molar-refractivity contribution in [3.05, 3.63) is 0 Å². The van der Waals surface area contributed by atoms with Crippen LogP contribution in [0.1, 0.15) is 19.8 Å². The van der Waals surface area contributed by atoms with Gasteiger partial charge in [-0.05, 0) is 12.3 Å². The zero-order valence-corrected chi connectivity index (χ0v) is 14.1. The zero-order valence-electron chi connectivity index (χ0n) is 13.2. The van der Waals surface area contributed by atoms with Gasteiger partial charge in [0.1, 0.15) is 0 Å². The summed E-state index contributed by atoms with van der Waals surface area (Å²) in [4.78, 5) is 17.0. The number of amides is 1. The van der Waals surface area contributed by atoms with E-state index in [0.717, 1.165) is 45.8 Å². The third-order valence-electron chi connectivity index (χ3n) is 5.34. The van der Waals surface area contributed by atoms with Gasteiger partial charge in [0.05, 0.1) is 30.6 Å². The van der Waals surface area contributed by atoms with Crippen molar-refractivity contribution in [3.63, 3.8) is 0 Å². The molecular formula is C15H26N2O4S. The van der Waals surface area contributed by atoms with Crippen LogP contribution in [-0.4, -0.2) is 81.1 Å². The molecular weight excluding hydrogens is 304 g/mol. The van der Waals surface area contributed by atoms with E-state index in [1.165, 1.54) is 0 Å². The van der Waals surface area contributed by atoms with E-state index in [9.17, 15) is 13.2 Å². The molecule has 126 valence electrons. The van der Waals surface area contributed by atoms with E-state index in [4.69, 9.17) is 4.74 Å². The van der Waals surface area contributed by atoms with E-state index >= 15 is 0 Å². The fourth-order valence-electron chi connectivity index (χ4n) is 4.01. The van der Waals surface area contributed by atoms with E-state index < -0.39 is 9.84 Å². The molecule has 6 nitrogen and oxygen atoms in total. The van der Waals surface area contributed by atoms with Gasteiger partial charge < -0.3 is 9.64 Å². The second-order valence-electron chi connectivity index (χ2n) is 6.73. The quantitative estimate of drug-likeness (QED) is 0.728. The highest BCUT2D eigenvalue weighted by molar-refractivity contribution is 7.91. The summed E-state index contributed by atoms with van der Waals surface area (Å²) in [5, 5.41) is 0. The van der Waals surface area contributed by atoms with E-state index in [-0.39, 0.29) is 23.3 Å². The first kappa shape index (κ1) is 16.2. The van der Waals surface area contributed by atoms with Crippen LogP contribution in [0, 0.1) is 11.8 Å². The third-order valence-corrected chi connectivity index (χ3v) is 7.11. The number of sulfone groups is 1. The van der Waals surface area contributed by atoms with Crippen molar-refractivity contribution in [2.24, 2.45) is 11.8 Å². The van der Waals surface area contributed by atoms with Gasteiger partial charge in [-0.3, -0.25) is 9.69 Å². The van der Waals surface area contributed by atoms with E-state index in [2.05, 4.69) is 11.8 Å². The molecule has 3 atom stereocenters. The summed E-state index contributed by atoms with van der Waals surface area (Å²) in [5.41, 5.74) is 0. The molecule has 0 saturated carbocycles. The lowest BCUT2D eigenvalue weighted by molar-refractivity contribution is -0.134. The normalized spacial score (nSPS) is 35.9. The summed E-state index contributed by atoms with van der Waals surface area (Å²) in [5.74, 6) is 0.434. The Balaban J connectivity index is 1.64. The molecule has 0 radical (unpaired) electrons. The molecule has 3 aliphatic heterocycles. The molecule has 0 aromatic heterocycles. The predicted molar refractivity (Wildman–Crippen MR) is 83.3 cm³/mol. The van der Waals surface area contributed by atoms with Gasteiger partial charge in [-0.15, -0.1) is 0 Å². The average molecular weight is 330 g/mol. The van der Waals surface area contributed by atoms with E-state index in [1.54, 1.807) is 0 Å². The minimum absolute atomic E-state index is 0.0430. The van der Waals surface area contributed by atoms with Crippen LogP contribution in [0.25, 0.3) is 0 Å². The van der Waals surface area contributed by atoms with Crippen LogP contribution in [0.3, 0.4) is 0 Å². The molecule has 3 heterocycles. The van der Waals surface area contributed by atoms with Crippen molar-refractivity contribution < 1.29 is 17.9 Å². The molecule has 0 spiro atoms. The minimum Gasteiger partial charge on any atom is -0.379 e. The molecule has 0 unspecified atom stereocenters. The molecule has 3 rings (SSSR count). The standard InChI is InChI=1S/C15H26N2O4S/c1-2-12-9-17(10-14(12)16-4-6-21-7-5-16)15(18)13-3-8-22(19,20)11-13/h12-14H,2-11H2,1H3/t12-,13+,14-/m1/s1. The summed E-state index contributed by atoms with van der Waals surface area (Å²) in [7, 11) is -3.00. The van der Waals surface area contributed by atoms with Crippen LogP contribution in [0.5, 0.6) is 0 Å². The monoisotopic (exact) mass is 330 g/mol. The van der Waals surface area contributed by atoms with Crippen molar-refractivity contribution in [1.82, 2.24) is 9.80 Å². The molecule has 3 aliphatic rings. The maximum absolute atomic E-state index is 12.6. The average Bonchev–Trinajstić information content (AvgIpc) is 3.10. The molecule has 0 aromatic rings. The third kappa shape index (κ3) is 3.31. The van der Waals surface area contributed by atoms with Gasteiger partial charge in [-0.1, -0.05) is 13.3 Å². The predicted octanol–water partition coefficient (Wildman–Crippen LogP) is -0.00970. The largest absolute Gasteiger partial charge is 0.379 e. The second-order valence-corrected chi connectivity index (χ2v) is 8.96. The lowest BCUT2D eigenvalue weighted by Gasteiger charge is -2.34. The first-order chi connectivity index (χ1) is 10.5. The molecule has 3 fully saturated rings. The number of carbonyl (C=O) groups is 1. The van der Waals surface area contributed by atoms with Crippen LogP contribution >= 0.6 is 0 Å². The van der Waals surface area contributed by atoms with Crippen molar-refractivity contribution in [2.45, 2.75) is 25.8 Å². The fraction of sp³-hybridized carbons (Fsp3) is 0.933.